The van der Waals surface area contributed by atoms with Crippen molar-refractivity contribution in [2.75, 3.05) is 5.73 Å². The molecule has 2 rings (SSSR count). The summed E-state index contributed by atoms with van der Waals surface area (Å²) in [5.41, 5.74) is 4.91. The van der Waals surface area contributed by atoms with Crippen LogP contribution in [0, 0.1) is 15.9 Å². The molecule has 0 bridgehead atoms. The van der Waals surface area contributed by atoms with Crippen LogP contribution in [0.4, 0.5) is 15.9 Å². The van der Waals surface area contributed by atoms with Crippen molar-refractivity contribution in [1.82, 2.24) is 4.98 Å². The number of rotatable bonds is 2. The van der Waals surface area contributed by atoms with Crippen molar-refractivity contribution in [3.05, 3.63) is 49.7 Å². The van der Waals surface area contributed by atoms with Gasteiger partial charge in [0.05, 0.1) is 9.95 Å². The van der Waals surface area contributed by atoms with E-state index < -0.39 is 10.7 Å². The van der Waals surface area contributed by atoms with Gasteiger partial charge in [-0.2, -0.15) is 0 Å². The summed E-state index contributed by atoms with van der Waals surface area (Å²) in [5, 5.41) is 10.8. The van der Waals surface area contributed by atoms with Gasteiger partial charge in [-0.15, -0.1) is 0 Å². The smallest absolute Gasteiger partial charge is 0.295 e. The molecule has 2 N–H and O–H groups in total. The minimum absolute atomic E-state index is 0.0547. The second-order valence-corrected chi connectivity index (χ2v) is 4.82. The molecule has 0 spiro atoms. The molecular weight excluding hydrogens is 340 g/mol. The third-order valence-electron chi connectivity index (χ3n) is 2.38. The van der Waals surface area contributed by atoms with Crippen molar-refractivity contribution in [3.63, 3.8) is 0 Å². The van der Waals surface area contributed by atoms with Gasteiger partial charge in [0.15, 0.2) is 11.5 Å². The summed E-state index contributed by atoms with van der Waals surface area (Å²) in [6, 6.07) is 5.28. The Kier molecular flexibility index (Phi) is 3.68. The topological polar surface area (TPSA) is 82.0 Å². The molecule has 2 aromatic rings. The van der Waals surface area contributed by atoms with Crippen LogP contribution < -0.4 is 5.73 Å². The summed E-state index contributed by atoms with van der Waals surface area (Å²) in [7, 11) is 0. The summed E-state index contributed by atoms with van der Waals surface area (Å²) in [5.74, 6) is -0.740. The van der Waals surface area contributed by atoms with Gasteiger partial charge in [0.1, 0.15) is 5.82 Å². The maximum absolute atomic E-state index is 14.1. The standard InChI is InChI=1S/C11H6BrClFN3O2/c12-6-2-1-5(10(14)9(6)13)11-7(17(18)19)3-4-8(15)16-11/h1-4H,(H2,15,16). The van der Waals surface area contributed by atoms with Gasteiger partial charge >= 0.3 is 0 Å². The lowest BCUT2D eigenvalue weighted by molar-refractivity contribution is -0.384. The van der Waals surface area contributed by atoms with Gasteiger partial charge in [-0.05, 0) is 34.1 Å². The van der Waals surface area contributed by atoms with Crippen LogP contribution in [0.2, 0.25) is 5.02 Å². The molecule has 8 heteroatoms. The molecular formula is C11H6BrClFN3O2. The molecule has 0 unspecified atom stereocenters. The normalized spacial score (nSPS) is 10.5. The Bertz CT molecular complexity index is 681. The quantitative estimate of drug-likeness (QED) is 0.509. The van der Waals surface area contributed by atoms with Crippen molar-refractivity contribution in [3.8, 4) is 11.3 Å². The van der Waals surface area contributed by atoms with E-state index in [0.29, 0.717) is 4.47 Å². The minimum Gasteiger partial charge on any atom is -0.384 e. The highest BCUT2D eigenvalue weighted by molar-refractivity contribution is 9.10. The van der Waals surface area contributed by atoms with Gasteiger partial charge in [0, 0.05) is 16.1 Å². The summed E-state index contributed by atoms with van der Waals surface area (Å²) < 4.78 is 14.4. The molecule has 19 heavy (non-hydrogen) atoms. The fourth-order valence-corrected chi connectivity index (χ4v) is 1.99. The van der Waals surface area contributed by atoms with E-state index >= 15 is 0 Å². The lowest BCUT2D eigenvalue weighted by Crippen LogP contribution is -2.00. The van der Waals surface area contributed by atoms with Crippen molar-refractivity contribution >= 4 is 39.0 Å². The highest BCUT2D eigenvalue weighted by Gasteiger charge is 2.22. The molecule has 5 nitrogen and oxygen atoms in total. The van der Waals surface area contributed by atoms with Crippen molar-refractivity contribution in [2.24, 2.45) is 0 Å². The van der Waals surface area contributed by atoms with E-state index in [1.807, 2.05) is 0 Å². The first-order valence-corrected chi connectivity index (χ1v) is 6.13. The zero-order chi connectivity index (χ0) is 14.2. The number of anilines is 1. The summed E-state index contributed by atoms with van der Waals surface area (Å²) in [4.78, 5) is 14.1. The zero-order valence-electron chi connectivity index (χ0n) is 9.23. The van der Waals surface area contributed by atoms with Crippen LogP contribution >= 0.6 is 27.5 Å². The second kappa shape index (κ2) is 5.10. The Morgan fingerprint density at radius 3 is 2.68 bits per heavy atom. The number of hydrogen-bond donors (Lipinski definition) is 1. The zero-order valence-corrected chi connectivity index (χ0v) is 11.6. The third kappa shape index (κ3) is 2.52. The van der Waals surface area contributed by atoms with E-state index in [2.05, 4.69) is 20.9 Å². The van der Waals surface area contributed by atoms with Gasteiger partial charge in [-0.1, -0.05) is 11.6 Å². The van der Waals surface area contributed by atoms with Crippen LogP contribution in [-0.4, -0.2) is 9.91 Å². The maximum atomic E-state index is 14.1. The molecule has 0 atom stereocenters. The Morgan fingerprint density at radius 1 is 1.37 bits per heavy atom. The summed E-state index contributed by atoms with van der Waals surface area (Å²) >= 11 is 8.82. The predicted molar refractivity (Wildman–Crippen MR) is 73.4 cm³/mol. The minimum atomic E-state index is -0.794. The Morgan fingerprint density at radius 2 is 2.05 bits per heavy atom. The van der Waals surface area contributed by atoms with Crippen LogP contribution in [-0.2, 0) is 0 Å². The molecule has 0 saturated heterocycles. The SMILES string of the molecule is Nc1ccc([N+](=O)[O-])c(-c2ccc(Br)c(Cl)c2F)n1. The van der Waals surface area contributed by atoms with E-state index in [1.165, 1.54) is 24.3 Å². The molecule has 0 aliphatic heterocycles. The number of nitro groups is 1. The van der Waals surface area contributed by atoms with E-state index in [4.69, 9.17) is 17.3 Å². The molecule has 1 aromatic heterocycles. The lowest BCUT2D eigenvalue weighted by atomic mass is 10.1. The first-order chi connectivity index (χ1) is 8.91. The fraction of sp³-hybridized carbons (Fsp3) is 0. The molecule has 0 aliphatic rings. The molecule has 98 valence electrons. The van der Waals surface area contributed by atoms with E-state index in [0.717, 1.165) is 0 Å². The first kappa shape index (κ1) is 13.7. The molecule has 0 amide bonds. The summed E-state index contributed by atoms with van der Waals surface area (Å²) in [6.07, 6.45) is 0. The monoisotopic (exact) mass is 345 g/mol. The van der Waals surface area contributed by atoms with Crippen molar-refractivity contribution in [2.45, 2.75) is 0 Å². The second-order valence-electron chi connectivity index (χ2n) is 3.58. The summed E-state index contributed by atoms with van der Waals surface area (Å²) in [6.45, 7) is 0. The maximum Gasteiger partial charge on any atom is 0.295 e. The average molecular weight is 347 g/mol. The van der Waals surface area contributed by atoms with Crippen LogP contribution in [0.5, 0.6) is 0 Å². The molecule has 0 radical (unpaired) electrons. The molecule has 0 aliphatic carbocycles. The number of aromatic nitrogens is 1. The first-order valence-electron chi connectivity index (χ1n) is 4.96. The van der Waals surface area contributed by atoms with Crippen LogP contribution in [0.3, 0.4) is 0 Å². The molecule has 1 heterocycles. The number of benzene rings is 1. The Labute approximate surface area is 120 Å². The van der Waals surface area contributed by atoms with Crippen LogP contribution in [0.15, 0.2) is 28.7 Å². The lowest BCUT2D eigenvalue weighted by Gasteiger charge is -2.07. The molecule has 0 saturated carbocycles. The average Bonchev–Trinajstić information content (AvgIpc) is 2.35. The van der Waals surface area contributed by atoms with Crippen LogP contribution in [0.1, 0.15) is 0 Å². The van der Waals surface area contributed by atoms with Gasteiger partial charge in [0.25, 0.3) is 5.69 Å². The van der Waals surface area contributed by atoms with E-state index in [9.17, 15) is 14.5 Å². The van der Waals surface area contributed by atoms with Gasteiger partial charge in [-0.3, -0.25) is 10.1 Å². The number of nitrogen functional groups attached to an aromatic ring is 1. The van der Waals surface area contributed by atoms with Gasteiger partial charge in [0.2, 0.25) is 0 Å². The molecule has 1 aromatic carbocycles. The number of pyridine rings is 1. The number of nitrogens with two attached hydrogens (primary N) is 1. The van der Waals surface area contributed by atoms with Gasteiger partial charge in [-0.25, -0.2) is 9.37 Å². The highest BCUT2D eigenvalue weighted by Crippen LogP contribution is 2.36. The largest absolute Gasteiger partial charge is 0.384 e. The third-order valence-corrected chi connectivity index (χ3v) is 3.64. The Balaban J connectivity index is 2.75. The van der Waals surface area contributed by atoms with Gasteiger partial charge < -0.3 is 5.73 Å². The number of nitrogens with zero attached hydrogens (tertiary/aromatic N) is 2. The Hall–Kier alpha value is -1.73. The highest BCUT2D eigenvalue weighted by atomic mass is 79.9. The fourth-order valence-electron chi connectivity index (χ4n) is 1.52. The van der Waals surface area contributed by atoms with Crippen molar-refractivity contribution in [1.29, 1.82) is 0 Å². The molecule has 0 fully saturated rings. The van der Waals surface area contributed by atoms with Crippen molar-refractivity contribution < 1.29 is 9.31 Å². The number of halogens is 3. The van der Waals surface area contributed by atoms with E-state index in [1.54, 1.807) is 0 Å². The predicted octanol–water partition coefficient (Wildman–Crippen LogP) is 3.79. The number of hydrogen-bond acceptors (Lipinski definition) is 4. The van der Waals surface area contributed by atoms with Crippen LogP contribution in [0.25, 0.3) is 11.3 Å². The van der Waals surface area contributed by atoms with E-state index in [-0.39, 0.29) is 27.8 Å².